The van der Waals surface area contributed by atoms with Gasteiger partial charge in [-0.3, -0.25) is 4.79 Å². The van der Waals surface area contributed by atoms with Crippen molar-refractivity contribution in [2.75, 3.05) is 27.4 Å². The van der Waals surface area contributed by atoms with Crippen LogP contribution in [0, 0.1) is 13.8 Å². The number of benzene rings is 1. The van der Waals surface area contributed by atoms with Crippen molar-refractivity contribution in [3.8, 4) is 17.0 Å². The molecule has 1 aromatic carbocycles. The number of nitrogens with zero attached hydrogens (tertiary/aromatic N) is 3. The third-order valence-corrected chi connectivity index (χ3v) is 5.12. The summed E-state index contributed by atoms with van der Waals surface area (Å²) in [7, 11) is 3.00. The van der Waals surface area contributed by atoms with Crippen molar-refractivity contribution in [2.24, 2.45) is 5.16 Å². The van der Waals surface area contributed by atoms with Crippen molar-refractivity contribution in [3.63, 3.8) is 0 Å². The molecule has 0 aliphatic carbocycles. The second-order valence-corrected chi connectivity index (χ2v) is 6.81. The molecule has 2 aromatic rings. The fraction of sp³-hybridized carbons (Fsp3) is 0.381. The normalized spacial score (nSPS) is 17.8. The van der Waals surface area contributed by atoms with Crippen molar-refractivity contribution in [1.82, 2.24) is 9.88 Å². The number of aliphatic hydroxyl groups is 1. The second kappa shape index (κ2) is 8.39. The highest BCUT2D eigenvalue weighted by molar-refractivity contribution is 5.99. The summed E-state index contributed by atoms with van der Waals surface area (Å²) < 4.78 is 5.49. The quantitative estimate of drug-likeness (QED) is 0.803. The molecular formula is C21H25N3O4. The number of likely N-dealkylation sites (tertiary alicyclic amines) is 1. The molecule has 1 amide bonds. The highest BCUT2D eigenvalue weighted by atomic mass is 16.6. The average molecular weight is 383 g/mol. The molecule has 148 valence electrons. The van der Waals surface area contributed by atoms with Crippen molar-refractivity contribution in [3.05, 3.63) is 47.2 Å². The van der Waals surface area contributed by atoms with Crippen LogP contribution < -0.4 is 4.74 Å². The lowest BCUT2D eigenvalue weighted by molar-refractivity contribution is 0.0673. The Morgan fingerprint density at radius 2 is 2.04 bits per heavy atom. The van der Waals surface area contributed by atoms with E-state index in [-0.39, 0.29) is 24.2 Å². The fourth-order valence-corrected chi connectivity index (χ4v) is 3.48. The summed E-state index contributed by atoms with van der Waals surface area (Å²) in [6.45, 7) is 4.26. The van der Waals surface area contributed by atoms with Crippen molar-refractivity contribution in [2.45, 2.75) is 26.3 Å². The first-order chi connectivity index (χ1) is 13.5. The average Bonchev–Trinajstić information content (AvgIpc) is 3.12. The number of pyridine rings is 1. The number of aliphatic hydroxyl groups excluding tert-OH is 1. The van der Waals surface area contributed by atoms with Crippen molar-refractivity contribution >= 4 is 11.6 Å². The van der Waals surface area contributed by atoms with Gasteiger partial charge < -0.3 is 19.6 Å². The minimum atomic E-state index is -0.340. The Kier molecular flexibility index (Phi) is 5.94. The molecular weight excluding hydrogens is 358 g/mol. The molecule has 1 aliphatic heterocycles. The monoisotopic (exact) mass is 383 g/mol. The summed E-state index contributed by atoms with van der Waals surface area (Å²) >= 11 is 0. The zero-order chi connectivity index (χ0) is 20.3. The van der Waals surface area contributed by atoms with E-state index in [0.717, 1.165) is 16.7 Å². The zero-order valence-corrected chi connectivity index (χ0v) is 16.6. The lowest BCUT2D eigenvalue weighted by atomic mass is 9.97. The second-order valence-electron chi connectivity index (χ2n) is 6.81. The Hall–Kier alpha value is -2.93. The lowest BCUT2D eigenvalue weighted by Gasteiger charge is -2.22. The van der Waals surface area contributed by atoms with Gasteiger partial charge in [0, 0.05) is 12.0 Å². The molecule has 1 fully saturated rings. The Balaban J connectivity index is 1.95. The largest absolute Gasteiger partial charge is 0.481 e. The summed E-state index contributed by atoms with van der Waals surface area (Å²) in [6.07, 6.45) is 0.480. The molecule has 1 unspecified atom stereocenters. The molecule has 28 heavy (non-hydrogen) atoms. The first-order valence-electron chi connectivity index (χ1n) is 9.12. The van der Waals surface area contributed by atoms with Gasteiger partial charge in [-0.15, -0.1) is 0 Å². The number of ether oxygens (including phenoxy) is 1. The van der Waals surface area contributed by atoms with Crippen LogP contribution in [-0.2, 0) is 4.84 Å². The highest BCUT2D eigenvalue weighted by Crippen LogP contribution is 2.32. The molecule has 3 rings (SSSR count). The molecule has 7 heteroatoms. The van der Waals surface area contributed by atoms with E-state index in [4.69, 9.17) is 9.57 Å². The number of rotatable bonds is 5. The van der Waals surface area contributed by atoms with Gasteiger partial charge in [-0.2, -0.15) is 0 Å². The van der Waals surface area contributed by atoms with Crippen LogP contribution in [-0.4, -0.2) is 60.0 Å². The molecule has 7 nitrogen and oxygen atoms in total. The maximum absolute atomic E-state index is 13.0. The van der Waals surface area contributed by atoms with E-state index in [2.05, 4.69) is 30.1 Å². The SMILES string of the molecule is CO/N=C1\CC(CO)N(C(=O)c2ccc(-c3cccc(C)c3C)c(OC)n2)C1. The topological polar surface area (TPSA) is 84.2 Å². The highest BCUT2D eigenvalue weighted by Gasteiger charge is 2.34. The Morgan fingerprint density at radius 3 is 2.71 bits per heavy atom. The smallest absolute Gasteiger partial charge is 0.273 e. The van der Waals surface area contributed by atoms with Gasteiger partial charge in [0.1, 0.15) is 12.8 Å². The Bertz CT molecular complexity index is 911. The molecule has 1 atom stereocenters. The predicted molar refractivity (Wildman–Crippen MR) is 107 cm³/mol. The van der Waals surface area contributed by atoms with Crippen LogP contribution in [0.1, 0.15) is 28.0 Å². The van der Waals surface area contributed by atoms with E-state index in [9.17, 15) is 9.90 Å². The third kappa shape index (κ3) is 3.71. The van der Waals surface area contributed by atoms with E-state index in [0.29, 0.717) is 24.6 Å². The van der Waals surface area contributed by atoms with E-state index < -0.39 is 0 Å². The van der Waals surface area contributed by atoms with Crippen LogP contribution in [0.5, 0.6) is 5.88 Å². The van der Waals surface area contributed by atoms with E-state index in [1.807, 2.05) is 18.2 Å². The maximum Gasteiger partial charge on any atom is 0.273 e. The number of aromatic nitrogens is 1. The number of aryl methyl sites for hydroxylation is 1. The molecule has 2 heterocycles. The van der Waals surface area contributed by atoms with E-state index in [1.165, 1.54) is 12.7 Å². The Morgan fingerprint density at radius 1 is 1.25 bits per heavy atom. The maximum atomic E-state index is 13.0. The lowest BCUT2D eigenvalue weighted by Crippen LogP contribution is -2.38. The number of carbonyl (C=O) groups is 1. The van der Waals surface area contributed by atoms with Gasteiger partial charge in [0.2, 0.25) is 5.88 Å². The van der Waals surface area contributed by atoms with E-state index in [1.54, 1.807) is 18.1 Å². The summed E-state index contributed by atoms with van der Waals surface area (Å²) in [6, 6.07) is 9.27. The van der Waals surface area contributed by atoms with Crippen LogP contribution >= 0.6 is 0 Å². The van der Waals surface area contributed by atoms with Crippen LogP contribution in [0.4, 0.5) is 0 Å². The van der Waals surface area contributed by atoms with Gasteiger partial charge in [0.05, 0.1) is 32.0 Å². The molecule has 0 radical (unpaired) electrons. The predicted octanol–water partition coefficient (Wildman–Crippen LogP) is 2.58. The van der Waals surface area contributed by atoms with Crippen LogP contribution in [0.15, 0.2) is 35.5 Å². The van der Waals surface area contributed by atoms with Gasteiger partial charge in [-0.25, -0.2) is 4.98 Å². The number of amides is 1. The number of hydrogen-bond donors (Lipinski definition) is 1. The third-order valence-electron chi connectivity index (χ3n) is 5.12. The standard InChI is InChI=1S/C21H25N3O4/c1-13-6-5-7-17(14(13)2)18-8-9-19(22-20(18)27-3)21(26)24-11-15(23-28-4)10-16(24)12-25/h5-9,16,25H,10-12H2,1-4H3/b23-15+. The summed E-state index contributed by atoms with van der Waals surface area (Å²) in [5, 5.41) is 13.6. The summed E-state index contributed by atoms with van der Waals surface area (Å²) in [5.41, 5.74) is 5.15. The van der Waals surface area contributed by atoms with Crippen LogP contribution in [0.3, 0.4) is 0 Å². The van der Waals surface area contributed by atoms with Crippen molar-refractivity contribution < 1.29 is 19.5 Å². The zero-order valence-electron chi connectivity index (χ0n) is 16.6. The number of hydrogen-bond acceptors (Lipinski definition) is 6. The number of carbonyl (C=O) groups excluding carboxylic acids is 1. The molecule has 0 bridgehead atoms. The Labute approximate surface area is 164 Å². The van der Waals surface area contributed by atoms with Gasteiger partial charge >= 0.3 is 0 Å². The molecule has 0 saturated carbocycles. The fourth-order valence-electron chi connectivity index (χ4n) is 3.48. The first-order valence-corrected chi connectivity index (χ1v) is 9.12. The van der Waals surface area contributed by atoms with E-state index >= 15 is 0 Å². The minimum Gasteiger partial charge on any atom is -0.481 e. The van der Waals surface area contributed by atoms with Gasteiger partial charge in [-0.05, 0) is 42.7 Å². The number of methoxy groups -OCH3 is 1. The van der Waals surface area contributed by atoms with Gasteiger partial charge in [0.15, 0.2) is 0 Å². The van der Waals surface area contributed by atoms with Gasteiger partial charge in [0.25, 0.3) is 5.91 Å². The summed E-state index contributed by atoms with van der Waals surface area (Å²) in [5.74, 6) is 0.122. The molecule has 1 aliphatic rings. The first kappa shape index (κ1) is 19.8. The summed E-state index contributed by atoms with van der Waals surface area (Å²) in [4.78, 5) is 23.8. The van der Waals surface area contributed by atoms with Crippen LogP contribution in [0.2, 0.25) is 0 Å². The van der Waals surface area contributed by atoms with Crippen LogP contribution in [0.25, 0.3) is 11.1 Å². The molecule has 1 N–H and O–H groups in total. The van der Waals surface area contributed by atoms with Crippen molar-refractivity contribution in [1.29, 1.82) is 0 Å². The number of oxime groups is 1. The minimum absolute atomic E-state index is 0.147. The van der Waals surface area contributed by atoms with Gasteiger partial charge in [-0.1, -0.05) is 23.4 Å². The molecule has 0 spiro atoms. The molecule has 1 saturated heterocycles. The molecule has 1 aromatic heterocycles.